The molecule has 1 amide bonds. The van der Waals surface area contributed by atoms with E-state index in [1.165, 1.54) is 24.3 Å². The Morgan fingerprint density at radius 2 is 1.89 bits per heavy atom. The first kappa shape index (κ1) is 17.4. The fourth-order valence-corrected chi connectivity index (χ4v) is 4.02. The Hall–Kier alpha value is -2.97. The number of anilines is 1. The minimum atomic E-state index is -3.81. The largest absolute Gasteiger partial charge is 0.343 e. The first-order chi connectivity index (χ1) is 12.8. The Morgan fingerprint density at radius 1 is 1.19 bits per heavy atom. The third kappa shape index (κ3) is 2.92. The van der Waals surface area contributed by atoms with Crippen LogP contribution in [0, 0.1) is 0 Å². The van der Waals surface area contributed by atoms with E-state index in [-0.39, 0.29) is 21.9 Å². The molecule has 4 rings (SSSR count). The predicted molar refractivity (Wildman–Crippen MR) is 102 cm³/mol. The van der Waals surface area contributed by atoms with Gasteiger partial charge in [0.15, 0.2) is 0 Å². The van der Waals surface area contributed by atoms with Crippen LogP contribution in [0.3, 0.4) is 0 Å². The van der Waals surface area contributed by atoms with E-state index in [0.717, 1.165) is 17.5 Å². The topological polar surface area (TPSA) is 111 Å². The summed E-state index contributed by atoms with van der Waals surface area (Å²) in [6, 6.07) is 11.2. The fourth-order valence-electron chi connectivity index (χ4n) is 3.50. The molecule has 0 bridgehead atoms. The van der Waals surface area contributed by atoms with Crippen LogP contribution in [0.15, 0.2) is 58.4 Å². The number of nitrogens with zero attached hydrogens (tertiary/aromatic N) is 1. The zero-order valence-corrected chi connectivity index (χ0v) is 15.3. The minimum Gasteiger partial charge on any atom is -0.343 e. The van der Waals surface area contributed by atoms with Crippen LogP contribution in [0.2, 0.25) is 0 Å². The standard InChI is InChI=1S/C19H17N3O4S/c1-11-9-12-3-2-4-15-17(12)22(11)10-16(18(15)23)19(24)21-13-5-7-14(8-6-13)27(20,25)26/h2-8,10-11H,9H2,1H3,(H,21,24)(H2,20,25,26)/t11-/m0/s1. The molecule has 0 saturated carbocycles. The van der Waals surface area contributed by atoms with Crippen LogP contribution in [-0.4, -0.2) is 18.9 Å². The molecular weight excluding hydrogens is 366 g/mol. The molecular formula is C19H17N3O4S. The molecule has 2 heterocycles. The lowest BCUT2D eigenvalue weighted by molar-refractivity contribution is 0.102. The second-order valence-electron chi connectivity index (χ2n) is 6.67. The number of nitrogens with one attached hydrogen (secondary N) is 1. The molecule has 0 radical (unpaired) electrons. The lowest BCUT2D eigenvalue weighted by atomic mass is 10.1. The van der Waals surface area contributed by atoms with Gasteiger partial charge >= 0.3 is 0 Å². The summed E-state index contributed by atoms with van der Waals surface area (Å²) in [6.45, 7) is 2.04. The van der Waals surface area contributed by atoms with Crippen molar-refractivity contribution in [2.75, 3.05) is 5.32 Å². The van der Waals surface area contributed by atoms with Gasteiger partial charge in [-0.1, -0.05) is 12.1 Å². The van der Waals surface area contributed by atoms with Gasteiger partial charge in [-0.15, -0.1) is 0 Å². The van der Waals surface area contributed by atoms with Gasteiger partial charge in [-0.2, -0.15) is 0 Å². The van der Waals surface area contributed by atoms with Gasteiger partial charge < -0.3 is 9.88 Å². The maximum atomic E-state index is 12.8. The quantitative estimate of drug-likeness (QED) is 0.721. The zero-order chi connectivity index (χ0) is 19.3. The van der Waals surface area contributed by atoms with E-state index in [4.69, 9.17) is 5.14 Å². The summed E-state index contributed by atoms with van der Waals surface area (Å²) in [5.41, 5.74) is 2.07. The van der Waals surface area contributed by atoms with Crippen LogP contribution < -0.4 is 15.9 Å². The number of rotatable bonds is 3. The summed E-state index contributed by atoms with van der Waals surface area (Å²) in [4.78, 5) is 25.4. The molecule has 0 unspecified atom stereocenters. The number of pyridine rings is 1. The van der Waals surface area contributed by atoms with Gasteiger partial charge in [0.05, 0.1) is 10.4 Å². The molecule has 1 aromatic heterocycles. The van der Waals surface area contributed by atoms with Crippen molar-refractivity contribution in [1.29, 1.82) is 0 Å². The lowest BCUT2D eigenvalue weighted by Gasteiger charge is -2.13. The van der Waals surface area contributed by atoms with E-state index in [9.17, 15) is 18.0 Å². The van der Waals surface area contributed by atoms with Crippen LogP contribution >= 0.6 is 0 Å². The highest BCUT2D eigenvalue weighted by atomic mass is 32.2. The van der Waals surface area contributed by atoms with Gasteiger partial charge in [-0.05, 0) is 49.2 Å². The van der Waals surface area contributed by atoms with Gasteiger partial charge in [0.2, 0.25) is 15.5 Å². The van der Waals surface area contributed by atoms with Crippen molar-refractivity contribution in [1.82, 2.24) is 4.57 Å². The monoisotopic (exact) mass is 383 g/mol. The number of hydrogen-bond donors (Lipinski definition) is 2. The van der Waals surface area contributed by atoms with Gasteiger partial charge in [0.25, 0.3) is 5.91 Å². The summed E-state index contributed by atoms with van der Waals surface area (Å²) in [6.07, 6.45) is 2.41. The van der Waals surface area contributed by atoms with Crippen molar-refractivity contribution in [2.45, 2.75) is 24.3 Å². The average Bonchev–Trinajstić information content (AvgIpc) is 2.94. The summed E-state index contributed by atoms with van der Waals surface area (Å²) in [7, 11) is -3.81. The van der Waals surface area contributed by atoms with Crippen molar-refractivity contribution >= 4 is 32.5 Å². The number of nitrogens with two attached hydrogens (primary N) is 1. The van der Waals surface area contributed by atoms with Gasteiger partial charge in [-0.25, -0.2) is 13.6 Å². The Balaban J connectivity index is 1.72. The van der Waals surface area contributed by atoms with Gasteiger partial charge in [-0.3, -0.25) is 9.59 Å². The molecule has 8 heteroatoms. The average molecular weight is 383 g/mol. The fraction of sp³-hybridized carbons (Fsp3) is 0.158. The number of hydrogen-bond acceptors (Lipinski definition) is 4. The van der Waals surface area contributed by atoms with Crippen LogP contribution in [0.5, 0.6) is 0 Å². The van der Waals surface area contributed by atoms with Crippen LogP contribution in [0.1, 0.15) is 28.9 Å². The van der Waals surface area contributed by atoms with Gasteiger partial charge in [0, 0.05) is 23.3 Å². The second kappa shape index (κ2) is 6.04. The SMILES string of the molecule is C[C@H]1Cc2cccc3c(=O)c(C(=O)Nc4ccc(S(N)(=O)=O)cc4)cn1c23. The lowest BCUT2D eigenvalue weighted by Crippen LogP contribution is -2.23. The van der Waals surface area contributed by atoms with Crippen molar-refractivity contribution in [3.63, 3.8) is 0 Å². The molecule has 7 nitrogen and oxygen atoms in total. The van der Waals surface area contributed by atoms with Crippen molar-refractivity contribution in [3.8, 4) is 0 Å². The molecule has 0 fully saturated rings. The Morgan fingerprint density at radius 3 is 2.56 bits per heavy atom. The molecule has 27 heavy (non-hydrogen) atoms. The van der Waals surface area contributed by atoms with Crippen LogP contribution in [-0.2, 0) is 16.4 Å². The van der Waals surface area contributed by atoms with E-state index in [2.05, 4.69) is 5.32 Å². The summed E-state index contributed by atoms with van der Waals surface area (Å²) < 4.78 is 24.6. The zero-order valence-electron chi connectivity index (χ0n) is 14.5. The molecule has 1 aliphatic heterocycles. The van der Waals surface area contributed by atoms with Crippen molar-refractivity contribution in [3.05, 3.63) is 70.0 Å². The number of benzene rings is 2. The molecule has 138 valence electrons. The number of carbonyl (C=O) groups excluding carboxylic acids is 1. The first-order valence-electron chi connectivity index (χ1n) is 8.36. The molecule has 1 atom stereocenters. The van der Waals surface area contributed by atoms with Crippen LogP contribution in [0.4, 0.5) is 5.69 Å². The Labute approximate surface area is 155 Å². The van der Waals surface area contributed by atoms with Crippen molar-refractivity contribution < 1.29 is 13.2 Å². The molecule has 2 aromatic carbocycles. The Bertz CT molecular complexity index is 1240. The molecule has 0 aliphatic carbocycles. The molecule has 1 aliphatic rings. The summed E-state index contributed by atoms with van der Waals surface area (Å²) in [5.74, 6) is -0.543. The Kier molecular flexibility index (Phi) is 3.90. The van der Waals surface area contributed by atoms with Crippen LogP contribution in [0.25, 0.3) is 10.9 Å². The van der Waals surface area contributed by atoms with E-state index in [1.54, 1.807) is 12.3 Å². The number of amides is 1. The minimum absolute atomic E-state index is 0.0453. The predicted octanol–water partition coefficient (Wildman–Crippen LogP) is 2.02. The number of aromatic nitrogens is 1. The molecule has 0 spiro atoms. The maximum Gasteiger partial charge on any atom is 0.261 e. The molecule has 3 N–H and O–H groups in total. The second-order valence-corrected chi connectivity index (χ2v) is 8.23. The number of sulfonamides is 1. The normalized spacial score (nSPS) is 15.9. The number of primary sulfonamides is 1. The third-order valence-corrected chi connectivity index (χ3v) is 5.74. The molecule has 3 aromatic rings. The van der Waals surface area contributed by atoms with E-state index in [1.807, 2.05) is 23.6 Å². The highest BCUT2D eigenvalue weighted by molar-refractivity contribution is 7.89. The summed E-state index contributed by atoms with van der Waals surface area (Å²) >= 11 is 0. The van der Waals surface area contributed by atoms with E-state index < -0.39 is 15.9 Å². The van der Waals surface area contributed by atoms with E-state index >= 15 is 0 Å². The first-order valence-corrected chi connectivity index (χ1v) is 9.91. The summed E-state index contributed by atoms with van der Waals surface area (Å²) in [5, 5.41) is 8.22. The highest BCUT2D eigenvalue weighted by Gasteiger charge is 2.24. The molecule has 0 saturated heterocycles. The maximum absolute atomic E-state index is 12.8. The van der Waals surface area contributed by atoms with Gasteiger partial charge in [0.1, 0.15) is 5.56 Å². The number of para-hydroxylation sites is 1. The van der Waals surface area contributed by atoms with Crippen molar-refractivity contribution in [2.24, 2.45) is 5.14 Å². The smallest absolute Gasteiger partial charge is 0.261 e. The third-order valence-electron chi connectivity index (χ3n) is 4.81. The van der Waals surface area contributed by atoms with E-state index in [0.29, 0.717) is 11.1 Å². The highest BCUT2D eigenvalue weighted by Crippen LogP contribution is 2.31. The number of carbonyl (C=O) groups is 1.